The predicted octanol–water partition coefficient (Wildman–Crippen LogP) is 1.95. The van der Waals surface area contributed by atoms with Gasteiger partial charge >= 0.3 is 0 Å². The zero-order valence-corrected chi connectivity index (χ0v) is 10.4. The van der Waals surface area contributed by atoms with Crippen molar-refractivity contribution in [1.82, 2.24) is 15.4 Å². The number of fused-ring (bicyclic) bond motifs is 1. The fraction of sp³-hybridized carbons (Fsp3) is 0.0833. The van der Waals surface area contributed by atoms with E-state index in [-0.39, 0.29) is 5.91 Å². The molecule has 6 heteroatoms. The highest BCUT2D eigenvalue weighted by Crippen LogP contribution is 2.27. The zero-order chi connectivity index (χ0) is 12.5. The molecule has 0 unspecified atom stereocenters. The fourth-order valence-electron chi connectivity index (χ4n) is 1.75. The Labute approximate surface area is 108 Å². The molecule has 1 N–H and O–H groups in total. The molecule has 1 amide bonds. The van der Waals surface area contributed by atoms with Gasteiger partial charge in [-0.25, -0.2) is 9.97 Å². The highest BCUT2D eigenvalue weighted by atomic mass is 32.2. The average Bonchev–Trinajstić information content (AvgIpc) is 2.80. The molecule has 1 aromatic carbocycles. The minimum absolute atomic E-state index is 0.244. The number of amides is 1. The summed E-state index contributed by atoms with van der Waals surface area (Å²) in [7, 11) is 0. The molecular formula is C12H9N4OS. The van der Waals surface area contributed by atoms with Crippen LogP contribution in [0.1, 0.15) is 10.4 Å². The summed E-state index contributed by atoms with van der Waals surface area (Å²) < 4.78 is 0. The van der Waals surface area contributed by atoms with Crippen LogP contribution in [-0.2, 0) is 0 Å². The summed E-state index contributed by atoms with van der Waals surface area (Å²) in [4.78, 5) is 20.0. The van der Waals surface area contributed by atoms with E-state index in [1.807, 2.05) is 24.5 Å². The quantitative estimate of drug-likeness (QED) is 0.657. The molecule has 18 heavy (non-hydrogen) atoms. The Morgan fingerprint density at radius 3 is 3.00 bits per heavy atom. The zero-order valence-electron chi connectivity index (χ0n) is 9.54. The SMILES string of the molecule is CSc1nccc(-c2ccc3c(c2)C(=O)[N]N3)n1. The van der Waals surface area contributed by atoms with Crippen LogP contribution in [0, 0.1) is 0 Å². The smallest absolute Gasteiger partial charge is 0.274 e. The van der Waals surface area contributed by atoms with E-state index in [1.54, 1.807) is 12.3 Å². The molecule has 0 aliphatic carbocycles. The van der Waals surface area contributed by atoms with Gasteiger partial charge in [0.25, 0.3) is 5.91 Å². The largest absolute Gasteiger partial charge is 0.295 e. The van der Waals surface area contributed by atoms with Gasteiger partial charge in [-0.15, -0.1) is 5.43 Å². The number of nitrogens with one attached hydrogen (secondary N) is 1. The van der Waals surface area contributed by atoms with Crippen molar-refractivity contribution < 1.29 is 4.79 Å². The molecule has 3 rings (SSSR count). The monoisotopic (exact) mass is 257 g/mol. The van der Waals surface area contributed by atoms with Crippen LogP contribution in [0.15, 0.2) is 35.6 Å². The van der Waals surface area contributed by atoms with Crippen molar-refractivity contribution in [1.29, 1.82) is 0 Å². The van der Waals surface area contributed by atoms with Gasteiger partial charge in [0, 0.05) is 11.8 Å². The molecule has 2 aromatic rings. The summed E-state index contributed by atoms with van der Waals surface area (Å²) in [5.74, 6) is -0.244. The molecule has 1 aliphatic rings. The first kappa shape index (κ1) is 11.0. The van der Waals surface area contributed by atoms with E-state index in [4.69, 9.17) is 0 Å². The second-order valence-corrected chi connectivity index (χ2v) is 4.49. The van der Waals surface area contributed by atoms with Crippen LogP contribution in [-0.4, -0.2) is 22.1 Å². The van der Waals surface area contributed by atoms with Crippen LogP contribution in [0.2, 0.25) is 0 Å². The molecular weight excluding hydrogens is 248 g/mol. The van der Waals surface area contributed by atoms with Gasteiger partial charge in [-0.3, -0.25) is 10.2 Å². The number of carbonyl (C=O) groups excluding carboxylic acids is 1. The van der Waals surface area contributed by atoms with Crippen LogP contribution in [0.5, 0.6) is 0 Å². The topological polar surface area (TPSA) is 69.0 Å². The summed E-state index contributed by atoms with van der Waals surface area (Å²) in [5, 5.41) is 0.710. The van der Waals surface area contributed by atoms with Gasteiger partial charge in [-0.1, -0.05) is 17.8 Å². The summed E-state index contributed by atoms with van der Waals surface area (Å²) in [6.45, 7) is 0. The van der Waals surface area contributed by atoms with E-state index < -0.39 is 0 Å². The number of hydrogen-bond acceptors (Lipinski definition) is 5. The standard InChI is InChI=1S/C12H9N4OS/c1-18-12-13-5-4-9(14-12)7-2-3-10-8(6-7)11(17)16-15-10/h2-6,15H,1H3. The second-order valence-electron chi connectivity index (χ2n) is 3.72. The third kappa shape index (κ3) is 1.80. The molecule has 0 spiro atoms. The number of nitrogens with zero attached hydrogens (tertiary/aromatic N) is 3. The number of carbonyl (C=O) groups is 1. The first-order valence-corrected chi connectivity index (χ1v) is 6.53. The Kier molecular flexibility index (Phi) is 2.64. The van der Waals surface area contributed by atoms with E-state index in [0.717, 1.165) is 16.9 Å². The van der Waals surface area contributed by atoms with Gasteiger partial charge in [0.2, 0.25) is 0 Å². The van der Waals surface area contributed by atoms with Gasteiger partial charge in [-0.2, -0.15) is 0 Å². The molecule has 1 radical (unpaired) electrons. The normalized spacial score (nSPS) is 12.8. The van der Waals surface area contributed by atoms with Crippen LogP contribution >= 0.6 is 11.8 Å². The van der Waals surface area contributed by atoms with Crippen LogP contribution in [0.4, 0.5) is 5.69 Å². The number of aromatic nitrogens is 2. The Bertz CT molecular complexity index is 629. The van der Waals surface area contributed by atoms with E-state index >= 15 is 0 Å². The Morgan fingerprint density at radius 2 is 2.17 bits per heavy atom. The molecule has 0 bridgehead atoms. The lowest BCUT2D eigenvalue weighted by Crippen LogP contribution is -2.10. The number of benzene rings is 1. The molecule has 1 aliphatic heterocycles. The van der Waals surface area contributed by atoms with Gasteiger partial charge < -0.3 is 0 Å². The van der Waals surface area contributed by atoms with Crippen molar-refractivity contribution >= 4 is 23.4 Å². The van der Waals surface area contributed by atoms with E-state index in [9.17, 15) is 4.79 Å². The summed E-state index contributed by atoms with van der Waals surface area (Å²) in [5.41, 5.74) is 9.35. The fourth-order valence-corrected chi connectivity index (χ4v) is 2.11. The first-order chi connectivity index (χ1) is 8.78. The van der Waals surface area contributed by atoms with Gasteiger partial charge in [-0.05, 0) is 24.5 Å². The van der Waals surface area contributed by atoms with E-state index in [1.165, 1.54) is 11.8 Å². The molecule has 5 nitrogen and oxygen atoms in total. The average molecular weight is 257 g/mol. The maximum absolute atomic E-state index is 11.5. The molecule has 0 saturated carbocycles. The van der Waals surface area contributed by atoms with E-state index in [2.05, 4.69) is 20.8 Å². The Morgan fingerprint density at radius 1 is 1.28 bits per heavy atom. The Balaban J connectivity index is 2.07. The van der Waals surface area contributed by atoms with Crippen LogP contribution < -0.4 is 10.9 Å². The second kappa shape index (κ2) is 4.30. The number of hydrogen-bond donors (Lipinski definition) is 1. The van der Waals surface area contributed by atoms with Crippen molar-refractivity contribution in [2.24, 2.45) is 0 Å². The van der Waals surface area contributed by atoms with Crippen molar-refractivity contribution in [3.8, 4) is 11.3 Å². The highest BCUT2D eigenvalue weighted by Gasteiger charge is 2.21. The highest BCUT2D eigenvalue weighted by molar-refractivity contribution is 7.98. The van der Waals surface area contributed by atoms with E-state index in [0.29, 0.717) is 10.7 Å². The maximum atomic E-state index is 11.5. The number of anilines is 1. The third-order valence-electron chi connectivity index (χ3n) is 2.64. The van der Waals surface area contributed by atoms with Crippen LogP contribution in [0.25, 0.3) is 11.3 Å². The molecule has 0 fully saturated rings. The first-order valence-electron chi connectivity index (χ1n) is 5.30. The number of rotatable bonds is 2. The number of thioether (sulfide) groups is 1. The van der Waals surface area contributed by atoms with Crippen LogP contribution in [0.3, 0.4) is 0 Å². The lowest BCUT2D eigenvalue weighted by molar-refractivity contribution is 0.0969. The molecule has 2 heterocycles. The molecule has 0 atom stereocenters. The summed E-state index contributed by atoms with van der Waals surface area (Å²) in [6.07, 6.45) is 3.64. The third-order valence-corrected chi connectivity index (χ3v) is 3.20. The predicted molar refractivity (Wildman–Crippen MR) is 69.3 cm³/mol. The van der Waals surface area contributed by atoms with Crippen molar-refractivity contribution in [3.63, 3.8) is 0 Å². The lowest BCUT2D eigenvalue weighted by atomic mass is 10.1. The molecule has 0 saturated heterocycles. The summed E-state index contributed by atoms with van der Waals surface area (Å²) in [6, 6.07) is 7.37. The lowest BCUT2D eigenvalue weighted by Gasteiger charge is -2.03. The van der Waals surface area contributed by atoms with Crippen molar-refractivity contribution in [3.05, 3.63) is 36.0 Å². The van der Waals surface area contributed by atoms with Crippen molar-refractivity contribution in [2.75, 3.05) is 11.7 Å². The molecule has 1 aromatic heterocycles. The minimum Gasteiger partial charge on any atom is -0.274 e. The minimum atomic E-state index is -0.244. The molecule has 89 valence electrons. The van der Waals surface area contributed by atoms with Crippen molar-refractivity contribution in [2.45, 2.75) is 5.16 Å². The van der Waals surface area contributed by atoms with Gasteiger partial charge in [0.1, 0.15) is 0 Å². The maximum Gasteiger partial charge on any atom is 0.295 e. The van der Waals surface area contributed by atoms with Gasteiger partial charge in [0.15, 0.2) is 5.16 Å². The summed E-state index contributed by atoms with van der Waals surface area (Å²) >= 11 is 1.48. The Hall–Kier alpha value is -2.08. The van der Waals surface area contributed by atoms with Gasteiger partial charge in [0.05, 0.1) is 16.9 Å².